The van der Waals surface area contributed by atoms with E-state index in [4.69, 9.17) is 11.1 Å². The van der Waals surface area contributed by atoms with E-state index < -0.39 is 0 Å². The average Bonchev–Trinajstić information content (AvgIpc) is 3.05. The highest BCUT2D eigenvalue weighted by Crippen LogP contribution is 2.23. The molecule has 3 aromatic rings. The van der Waals surface area contributed by atoms with Gasteiger partial charge < -0.3 is 15.6 Å². The number of fused-ring (bicyclic) bond motifs is 1. The van der Waals surface area contributed by atoms with Crippen LogP contribution in [0.5, 0.6) is 0 Å². The van der Waals surface area contributed by atoms with E-state index in [1.165, 1.54) is 31.3 Å². The van der Waals surface area contributed by atoms with E-state index in [1.807, 2.05) is 12.1 Å². The second-order valence-corrected chi connectivity index (χ2v) is 5.82. The van der Waals surface area contributed by atoms with Gasteiger partial charge in [0.1, 0.15) is 11.3 Å². The van der Waals surface area contributed by atoms with Crippen LogP contribution in [0.3, 0.4) is 0 Å². The Morgan fingerprint density at radius 2 is 1.74 bits per heavy atom. The summed E-state index contributed by atoms with van der Waals surface area (Å²) in [6.45, 7) is 2.22. The topological polar surface area (TPSA) is 99.6 Å². The van der Waals surface area contributed by atoms with Crippen molar-refractivity contribution in [2.45, 2.75) is 19.3 Å². The minimum Gasteiger partial charge on any atom is -0.383 e. The van der Waals surface area contributed by atoms with Crippen molar-refractivity contribution in [2.24, 2.45) is 0 Å². The second kappa shape index (κ2) is 5.42. The first-order valence-electron chi connectivity index (χ1n) is 7.85. The number of nitrogens with zero attached hydrogens (tertiary/aromatic N) is 4. The highest BCUT2D eigenvalue weighted by Gasteiger charge is 2.13. The van der Waals surface area contributed by atoms with Gasteiger partial charge in [-0.25, -0.2) is 4.98 Å². The van der Waals surface area contributed by atoms with Crippen LogP contribution in [0.2, 0.25) is 0 Å². The molecule has 0 amide bonds. The lowest BCUT2D eigenvalue weighted by atomic mass is 10.1. The van der Waals surface area contributed by atoms with E-state index in [9.17, 15) is 0 Å². The number of nitrogen functional groups attached to an aromatic ring is 1. The normalized spacial score (nSPS) is 15.2. The first-order chi connectivity index (χ1) is 11.2. The Bertz CT molecular complexity index is 885. The van der Waals surface area contributed by atoms with Gasteiger partial charge in [0.15, 0.2) is 5.65 Å². The van der Waals surface area contributed by atoms with Gasteiger partial charge in [0.25, 0.3) is 0 Å². The lowest BCUT2D eigenvalue weighted by molar-refractivity contribution is 0.578. The highest BCUT2D eigenvalue weighted by atomic mass is 15.2. The average molecular weight is 309 g/mol. The third-order valence-corrected chi connectivity index (χ3v) is 4.37. The first-order valence-corrected chi connectivity index (χ1v) is 7.85. The number of anilines is 2. The van der Waals surface area contributed by atoms with Crippen molar-refractivity contribution in [1.82, 2.24) is 19.5 Å². The zero-order valence-electron chi connectivity index (χ0n) is 12.8. The predicted octanol–water partition coefficient (Wildman–Crippen LogP) is 1.80. The molecule has 0 atom stereocenters. The highest BCUT2D eigenvalue weighted by molar-refractivity contribution is 5.81. The monoisotopic (exact) mass is 309 g/mol. The molecule has 1 aliphatic rings. The van der Waals surface area contributed by atoms with E-state index >= 15 is 0 Å². The summed E-state index contributed by atoms with van der Waals surface area (Å²) in [7, 11) is 0. The maximum Gasteiger partial charge on any atom is 0.230 e. The lowest BCUT2D eigenvalue weighted by Gasteiger charge is -2.29. The van der Waals surface area contributed by atoms with Crippen molar-refractivity contribution in [3.8, 4) is 5.69 Å². The van der Waals surface area contributed by atoms with Gasteiger partial charge in [0.05, 0.1) is 12.0 Å². The van der Waals surface area contributed by atoms with E-state index in [0.717, 1.165) is 18.8 Å². The summed E-state index contributed by atoms with van der Waals surface area (Å²) < 4.78 is 1.63. The summed E-state index contributed by atoms with van der Waals surface area (Å²) in [4.78, 5) is 13.6. The van der Waals surface area contributed by atoms with E-state index in [1.54, 1.807) is 4.57 Å². The Hall–Kier alpha value is -2.83. The van der Waals surface area contributed by atoms with Gasteiger partial charge in [0.2, 0.25) is 5.62 Å². The van der Waals surface area contributed by atoms with Crippen LogP contribution >= 0.6 is 0 Å². The Balaban J connectivity index is 1.74. The van der Waals surface area contributed by atoms with Crippen LogP contribution in [0.15, 0.2) is 30.6 Å². The van der Waals surface area contributed by atoms with Gasteiger partial charge in [-0.05, 0) is 43.5 Å². The molecule has 0 bridgehead atoms. The molecule has 1 fully saturated rings. The number of rotatable bonds is 2. The number of hydrogen-bond donors (Lipinski definition) is 3. The van der Waals surface area contributed by atoms with Crippen molar-refractivity contribution in [3.05, 3.63) is 36.2 Å². The van der Waals surface area contributed by atoms with Gasteiger partial charge in [-0.15, -0.1) is 0 Å². The zero-order chi connectivity index (χ0) is 15.8. The van der Waals surface area contributed by atoms with Gasteiger partial charge in [-0.2, -0.15) is 4.98 Å². The minimum atomic E-state index is 0.0767. The van der Waals surface area contributed by atoms with E-state index in [0.29, 0.717) is 17.0 Å². The Labute approximate surface area is 133 Å². The van der Waals surface area contributed by atoms with Crippen LogP contribution in [0.25, 0.3) is 16.9 Å². The number of benzene rings is 1. The first kappa shape index (κ1) is 13.8. The fourth-order valence-electron chi connectivity index (χ4n) is 3.16. The lowest BCUT2D eigenvalue weighted by Crippen LogP contribution is -2.29. The van der Waals surface area contributed by atoms with Crippen molar-refractivity contribution < 1.29 is 0 Å². The number of aromatic nitrogens is 4. The van der Waals surface area contributed by atoms with Crippen LogP contribution < -0.4 is 16.3 Å². The van der Waals surface area contributed by atoms with E-state index in [2.05, 4.69) is 32.0 Å². The predicted molar refractivity (Wildman–Crippen MR) is 89.5 cm³/mol. The zero-order valence-corrected chi connectivity index (χ0v) is 12.8. The standard InChI is InChI=1S/C16H19N7/c17-14-13-15(20-10-19-13)21-16(18)23(14)12-6-4-11(5-7-12)22-8-2-1-3-9-22/h4-7,10H,1-3,8-9,17H2,(H2,18,19,20,21). The fraction of sp³-hybridized carbons (Fsp3) is 0.312. The number of H-pyrrole nitrogens is 1. The van der Waals surface area contributed by atoms with Crippen molar-refractivity contribution >= 4 is 22.7 Å². The van der Waals surface area contributed by atoms with Crippen LogP contribution in [-0.2, 0) is 0 Å². The second-order valence-electron chi connectivity index (χ2n) is 5.82. The van der Waals surface area contributed by atoms with Gasteiger partial charge in [-0.1, -0.05) is 0 Å². The van der Waals surface area contributed by atoms with Crippen LogP contribution in [0.4, 0.5) is 11.5 Å². The third-order valence-electron chi connectivity index (χ3n) is 4.37. The molecule has 1 aliphatic heterocycles. The summed E-state index contributed by atoms with van der Waals surface area (Å²) in [6.07, 6.45) is 5.36. The van der Waals surface area contributed by atoms with Crippen molar-refractivity contribution in [3.63, 3.8) is 0 Å². The molecule has 7 nitrogen and oxygen atoms in total. The number of nitrogens with one attached hydrogen (secondary N) is 2. The van der Waals surface area contributed by atoms with Crippen molar-refractivity contribution in [2.75, 3.05) is 23.7 Å². The third kappa shape index (κ3) is 2.34. The molecule has 4 rings (SSSR count). The molecule has 4 N–H and O–H groups in total. The number of piperidine rings is 1. The Morgan fingerprint density at radius 3 is 2.48 bits per heavy atom. The molecule has 0 unspecified atom stereocenters. The molecular formula is C16H19N7. The minimum absolute atomic E-state index is 0.0767. The smallest absolute Gasteiger partial charge is 0.230 e. The summed E-state index contributed by atoms with van der Waals surface area (Å²) in [6, 6.07) is 8.15. The summed E-state index contributed by atoms with van der Waals surface area (Å²) in [5, 5.41) is 8.13. The molecule has 0 saturated carbocycles. The molecule has 1 aromatic carbocycles. The number of hydrogen-bond acceptors (Lipinski definition) is 5. The van der Waals surface area contributed by atoms with Gasteiger partial charge in [0, 0.05) is 18.8 Å². The van der Waals surface area contributed by atoms with Crippen LogP contribution in [0.1, 0.15) is 19.3 Å². The molecule has 0 aliphatic carbocycles. The quantitative estimate of drug-likeness (QED) is 0.672. The van der Waals surface area contributed by atoms with Crippen LogP contribution in [0, 0.1) is 5.41 Å². The SMILES string of the molecule is N=c1nc2nc[nH]c2c(N)n1-c1ccc(N2CCCCC2)cc1. The molecule has 1 saturated heterocycles. The summed E-state index contributed by atoms with van der Waals surface area (Å²) in [5.74, 6) is 0.447. The van der Waals surface area contributed by atoms with Crippen LogP contribution in [-0.4, -0.2) is 32.6 Å². The number of nitrogens with two attached hydrogens (primary N) is 1. The Morgan fingerprint density at radius 1 is 1.04 bits per heavy atom. The molecule has 0 spiro atoms. The molecule has 7 heteroatoms. The molecule has 2 aromatic heterocycles. The summed E-state index contributed by atoms with van der Waals surface area (Å²) in [5.41, 5.74) is 9.44. The largest absolute Gasteiger partial charge is 0.383 e. The fourth-order valence-corrected chi connectivity index (χ4v) is 3.16. The molecular weight excluding hydrogens is 290 g/mol. The molecule has 118 valence electrons. The molecule has 3 heterocycles. The van der Waals surface area contributed by atoms with Crippen molar-refractivity contribution in [1.29, 1.82) is 5.41 Å². The number of aromatic amines is 1. The maximum atomic E-state index is 8.13. The summed E-state index contributed by atoms with van der Waals surface area (Å²) >= 11 is 0. The number of imidazole rings is 1. The molecule has 23 heavy (non-hydrogen) atoms. The van der Waals surface area contributed by atoms with Gasteiger partial charge in [-0.3, -0.25) is 9.98 Å². The van der Waals surface area contributed by atoms with E-state index in [-0.39, 0.29) is 5.62 Å². The molecule has 0 radical (unpaired) electrons. The maximum absolute atomic E-state index is 8.13. The Kier molecular flexibility index (Phi) is 3.25. The van der Waals surface area contributed by atoms with Gasteiger partial charge >= 0.3 is 0 Å².